The zero-order valence-corrected chi connectivity index (χ0v) is 11.4. The topological polar surface area (TPSA) is 26.3 Å². The smallest absolute Gasteiger partial charge is 0.133 e. The molecule has 0 aliphatic heterocycles. The van der Waals surface area contributed by atoms with Gasteiger partial charge in [0.15, 0.2) is 0 Å². The van der Waals surface area contributed by atoms with E-state index in [2.05, 4.69) is 32.9 Å². The number of benzene rings is 1. The molecule has 0 radical (unpaired) electrons. The molecule has 1 aromatic carbocycles. The van der Waals surface area contributed by atoms with Gasteiger partial charge in [-0.1, -0.05) is 32.9 Å². The molecule has 0 aromatic heterocycles. The van der Waals surface area contributed by atoms with E-state index < -0.39 is 0 Å². The first-order chi connectivity index (χ1) is 7.79. The molecule has 0 spiro atoms. The van der Waals surface area contributed by atoms with E-state index in [0.717, 1.165) is 5.75 Å². The fourth-order valence-electron chi connectivity index (χ4n) is 1.71. The van der Waals surface area contributed by atoms with Crippen LogP contribution in [-0.4, -0.2) is 11.9 Å². The summed E-state index contributed by atoms with van der Waals surface area (Å²) in [5, 5.41) is 0. The van der Waals surface area contributed by atoms with Crippen molar-refractivity contribution < 1.29 is 9.53 Å². The van der Waals surface area contributed by atoms with Gasteiger partial charge in [0.2, 0.25) is 0 Å². The maximum atomic E-state index is 11.0. The fourth-order valence-corrected chi connectivity index (χ4v) is 1.71. The molecule has 0 saturated heterocycles. The monoisotopic (exact) mass is 234 g/mol. The number of ketones is 1. The van der Waals surface area contributed by atoms with Crippen LogP contribution in [0.5, 0.6) is 5.75 Å². The number of hydrogen-bond donors (Lipinski definition) is 0. The van der Waals surface area contributed by atoms with Gasteiger partial charge in [-0.25, -0.2) is 0 Å². The molecule has 0 fully saturated rings. The van der Waals surface area contributed by atoms with Gasteiger partial charge in [-0.2, -0.15) is 0 Å². The summed E-state index contributed by atoms with van der Waals surface area (Å²) < 4.78 is 5.74. The van der Waals surface area contributed by atoms with Gasteiger partial charge < -0.3 is 4.74 Å². The Labute approximate surface area is 104 Å². The number of hydrogen-bond acceptors (Lipinski definition) is 2. The van der Waals surface area contributed by atoms with Crippen LogP contribution in [0.3, 0.4) is 0 Å². The van der Waals surface area contributed by atoms with Crippen molar-refractivity contribution >= 4 is 5.78 Å². The van der Waals surface area contributed by atoms with Crippen LogP contribution in [0.25, 0.3) is 0 Å². The first-order valence-electron chi connectivity index (χ1n) is 6.05. The highest BCUT2D eigenvalue weighted by atomic mass is 16.5. The van der Waals surface area contributed by atoms with E-state index in [4.69, 9.17) is 4.74 Å². The van der Waals surface area contributed by atoms with Gasteiger partial charge in [0.05, 0.1) is 0 Å². The van der Waals surface area contributed by atoms with Gasteiger partial charge in [0.1, 0.15) is 17.6 Å². The Kier molecular flexibility index (Phi) is 4.33. The van der Waals surface area contributed by atoms with Crippen LogP contribution < -0.4 is 4.74 Å². The quantitative estimate of drug-likeness (QED) is 0.793. The number of carbonyl (C=O) groups excluding carboxylic acids is 1. The number of Topliss-reactive ketones (excluding diaryl/α,β-unsaturated/α-hetero) is 1. The molecule has 0 heterocycles. The molecule has 94 valence electrons. The Hall–Kier alpha value is -1.31. The number of rotatable bonds is 4. The average molecular weight is 234 g/mol. The van der Waals surface area contributed by atoms with Crippen molar-refractivity contribution in [2.45, 2.75) is 52.6 Å². The third-order valence-electron chi connectivity index (χ3n) is 2.61. The minimum Gasteiger partial charge on any atom is -0.490 e. The summed E-state index contributed by atoms with van der Waals surface area (Å²) in [5.41, 5.74) is 1.36. The van der Waals surface area contributed by atoms with Crippen molar-refractivity contribution in [2.24, 2.45) is 0 Å². The Bertz CT molecular complexity index is 388. The van der Waals surface area contributed by atoms with Crippen LogP contribution in [0.1, 0.15) is 46.6 Å². The van der Waals surface area contributed by atoms with E-state index >= 15 is 0 Å². The normalized spacial score (nSPS) is 13.2. The highest BCUT2D eigenvalue weighted by Gasteiger charge is 2.14. The standard InChI is InChI=1S/C15H22O2/c1-11(16)9-12(2)17-14-8-6-7-13(10-14)15(3,4)5/h6-8,10,12H,9H2,1-5H3. The molecule has 0 aliphatic carbocycles. The Balaban J connectivity index is 2.76. The second-order valence-electron chi connectivity index (χ2n) is 5.61. The third-order valence-corrected chi connectivity index (χ3v) is 2.61. The van der Waals surface area contributed by atoms with E-state index in [1.807, 2.05) is 19.1 Å². The van der Waals surface area contributed by atoms with E-state index in [1.54, 1.807) is 6.92 Å². The lowest BCUT2D eigenvalue weighted by molar-refractivity contribution is -0.118. The minimum absolute atomic E-state index is 0.0669. The van der Waals surface area contributed by atoms with Crippen molar-refractivity contribution in [1.29, 1.82) is 0 Å². The van der Waals surface area contributed by atoms with Crippen molar-refractivity contribution in [3.05, 3.63) is 29.8 Å². The minimum atomic E-state index is -0.0669. The van der Waals surface area contributed by atoms with Crippen LogP contribution in [0.4, 0.5) is 0 Å². The zero-order valence-electron chi connectivity index (χ0n) is 11.4. The molecule has 0 saturated carbocycles. The lowest BCUT2D eigenvalue weighted by atomic mass is 9.87. The van der Waals surface area contributed by atoms with Crippen LogP contribution in [-0.2, 0) is 10.2 Å². The van der Waals surface area contributed by atoms with Crippen LogP contribution in [0, 0.1) is 0 Å². The van der Waals surface area contributed by atoms with Gasteiger partial charge in [-0.3, -0.25) is 4.79 Å². The van der Waals surface area contributed by atoms with Gasteiger partial charge in [-0.05, 0) is 37.0 Å². The molecule has 0 bridgehead atoms. The molecule has 0 amide bonds. The van der Waals surface area contributed by atoms with Crippen LogP contribution in [0.15, 0.2) is 24.3 Å². The average Bonchev–Trinajstić information content (AvgIpc) is 2.15. The summed E-state index contributed by atoms with van der Waals surface area (Å²) in [5.74, 6) is 0.996. The lowest BCUT2D eigenvalue weighted by Gasteiger charge is -2.21. The summed E-state index contributed by atoms with van der Waals surface area (Å²) >= 11 is 0. The second-order valence-corrected chi connectivity index (χ2v) is 5.61. The van der Waals surface area contributed by atoms with Crippen molar-refractivity contribution in [2.75, 3.05) is 0 Å². The largest absolute Gasteiger partial charge is 0.490 e. The third kappa shape index (κ3) is 4.59. The Morgan fingerprint density at radius 3 is 2.53 bits per heavy atom. The molecule has 2 nitrogen and oxygen atoms in total. The second kappa shape index (κ2) is 5.35. The predicted molar refractivity (Wildman–Crippen MR) is 70.5 cm³/mol. The van der Waals surface area contributed by atoms with Gasteiger partial charge in [0.25, 0.3) is 0 Å². The zero-order chi connectivity index (χ0) is 13.1. The van der Waals surface area contributed by atoms with E-state index in [-0.39, 0.29) is 17.3 Å². The van der Waals surface area contributed by atoms with E-state index in [0.29, 0.717) is 6.42 Å². The lowest BCUT2D eigenvalue weighted by Crippen LogP contribution is -2.16. The fraction of sp³-hybridized carbons (Fsp3) is 0.533. The summed E-state index contributed by atoms with van der Waals surface area (Å²) in [6.45, 7) is 10.0. The van der Waals surface area contributed by atoms with Crippen molar-refractivity contribution in [3.63, 3.8) is 0 Å². The highest BCUT2D eigenvalue weighted by Crippen LogP contribution is 2.26. The molecular weight excluding hydrogens is 212 g/mol. The van der Waals surface area contributed by atoms with Gasteiger partial charge in [0, 0.05) is 6.42 Å². The molecule has 2 heteroatoms. The molecule has 1 aromatic rings. The summed E-state index contributed by atoms with van der Waals surface area (Å²) in [4.78, 5) is 11.0. The maximum absolute atomic E-state index is 11.0. The molecule has 1 atom stereocenters. The molecular formula is C15H22O2. The Morgan fingerprint density at radius 1 is 1.35 bits per heavy atom. The van der Waals surface area contributed by atoms with Crippen LogP contribution in [0.2, 0.25) is 0 Å². The van der Waals surface area contributed by atoms with Gasteiger partial charge in [-0.15, -0.1) is 0 Å². The SMILES string of the molecule is CC(=O)CC(C)Oc1cccc(C(C)(C)C)c1. The summed E-state index contributed by atoms with van der Waals surface area (Å²) in [6.07, 6.45) is 0.391. The predicted octanol–water partition coefficient (Wildman–Crippen LogP) is 3.73. The molecule has 1 rings (SSSR count). The van der Waals surface area contributed by atoms with Crippen molar-refractivity contribution in [1.82, 2.24) is 0 Å². The Morgan fingerprint density at radius 2 is 2.00 bits per heavy atom. The number of ether oxygens (including phenoxy) is 1. The summed E-state index contributed by atoms with van der Waals surface area (Å²) in [6, 6.07) is 8.08. The maximum Gasteiger partial charge on any atom is 0.133 e. The molecule has 1 unspecified atom stereocenters. The first-order valence-corrected chi connectivity index (χ1v) is 6.05. The molecule has 17 heavy (non-hydrogen) atoms. The first kappa shape index (κ1) is 13.8. The molecule has 0 N–H and O–H groups in total. The highest BCUT2D eigenvalue weighted by molar-refractivity contribution is 5.75. The van der Waals surface area contributed by atoms with E-state index in [9.17, 15) is 4.79 Å². The van der Waals surface area contributed by atoms with Crippen LogP contribution >= 0.6 is 0 Å². The number of carbonyl (C=O) groups is 1. The van der Waals surface area contributed by atoms with Gasteiger partial charge >= 0.3 is 0 Å². The summed E-state index contributed by atoms with van der Waals surface area (Å²) in [7, 11) is 0. The molecule has 0 aliphatic rings. The van der Waals surface area contributed by atoms with E-state index in [1.165, 1.54) is 5.56 Å². The van der Waals surface area contributed by atoms with Crippen molar-refractivity contribution in [3.8, 4) is 5.75 Å².